The molecule has 0 aliphatic carbocycles. The number of carbonyl (C=O) groups is 1. The number of halogens is 3. The second-order valence-electron chi connectivity index (χ2n) is 5.62. The van der Waals surface area contributed by atoms with Gasteiger partial charge in [0.1, 0.15) is 0 Å². The fourth-order valence-corrected chi connectivity index (χ4v) is 4.95. The van der Waals surface area contributed by atoms with Crippen LogP contribution in [0.1, 0.15) is 22.1 Å². The van der Waals surface area contributed by atoms with Crippen molar-refractivity contribution in [3.05, 3.63) is 52.2 Å². The van der Waals surface area contributed by atoms with Crippen LogP contribution in [0.4, 0.5) is 23.7 Å². The van der Waals surface area contributed by atoms with Crippen molar-refractivity contribution in [1.82, 2.24) is 4.90 Å². The molecule has 0 saturated carbocycles. The van der Waals surface area contributed by atoms with Gasteiger partial charge >= 0.3 is 12.2 Å². The third-order valence-corrected chi connectivity index (χ3v) is 6.41. The van der Waals surface area contributed by atoms with Crippen molar-refractivity contribution < 1.29 is 18.0 Å². The summed E-state index contributed by atoms with van der Waals surface area (Å²) in [6.07, 6.45) is -3.71. The average Bonchev–Trinajstić information content (AvgIpc) is 2.99. The molecule has 2 heterocycles. The van der Waals surface area contributed by atoms with Gasteiger partial charge in [0, 0.05) is 29.0 Å². The quantitative estimate of drug-likeness (QED) is 0.741. The molecule has 1 aliphatic heterocycles. The SMILES string of the molecule is O=C(Nc1ccccc1C(F)(F)F)N1CCSC(c2cccs2)CC1. The number of thiophene rings is 1. The van der Waals surface area contributed by atoms with Gasteiger partial charge in [-0.1, -0.05) is 18.2 Å². The maximum atomic E-state index is 13.0. The van der Waals surface area contributed by atoms with Crippen molar-refractivity contribution in [3.8, 4) is 0 Å². The molecule has 8 heteroatoms. The molecule has 2 amide bonds. The molecule has 2 aromatic rings. The van der Waals surface area contributed by atoms with E-state index in [-0.39, 0.29) is 5.69 Å². The van der Waals surface area contributed by atoms with Crippen LogP contribution >= 0.6 is 23.1 Å². The van der Waals surface area contributed by atoms with Gasteiger partial charge in [-0.05, 0) is 30.0 Å². The lowest BCUT2D eigenvalue weighted by atomic mass is 10.1. The summed E-state index contributed by atoms with van der Waals surface area (Å²) in [5, 5.41) is 4.79. The molecule has 1 aliphatic rings. The van der Waals surface area contributed by atoms with E-state index in [4.69, 9.17) is 0 Å². The lowest BCUT2D eigenvalue weighted by molar-refractivity contribution is -0.136. The minimum Gasteiger partial charge on any atom is -0.324 e. The fourth-order valence-electron chi connectivity index (χ4n) is 2.71. The summed E-state index contributed by atoms with van der Waals surface area (Å²) < 4.78 is 39.1. The van der Waals surface area contributed by atoms with Crippen LogP contribution < -0.4 is 5.32 Å². The molecular weight excluding hydrogens is 369 g/mol. The van der Waals surface area contributed by atoms with E-state index in [0.717, 1.165) is 18.2 Å². The van der Waals surface area contributed by atoms with E-state index in [1.807, 2.05) is 11.4 Å². The largest absolute Gasteiger partial charge is 0.418 e. The second kappa shape index (κ2) is 7.70. The molecule has 1 atom stereocenters. The normalized spacial score (nSPS) is 18.7. The van der Waals surface area contributed by atoms with Crippen LogP contribution in [-0.4, -0.2) is 29.8 Å². The average molecular weight is 386 g/mol. The van der Waals surface area contributed by atoms with Gasteiger partial charge in [-0.3, -0.25) is 0 Å². The van der Waals surface area contributed by atoms with E-state index in [1.54, 1.807) is 28.0 Å². The molecule has 0 spiro atoms. The number of nitrogens with one attached hydrogen (secondary N) is 1. The van der Waals surface area contributed by atoms with Gasteiger partial charge in [0.2, 0.25) is 0 Å². The highest BCUT2D eigenvalue weighted by molar-refractivity contribution is 7.99. The van der Waals surface area contributed by atoms with Gasteiger partial charge in [-0.25, -0.2) is 4.79 Å². The molecule has 0 bridgehead atoms. The number of para-hydroxylation sites is 1. The number of urea groups is 1. The van der Waals surface area contributed by atoms with Gasteiger partial charge in [-0.2, -0.15) is 24.9 Å². The Kier molecular flexibility index (Phi) is 5.58. The number of hydrogen-bond donors (Lipinski definition) is 1. The van der Waals surface area contributed by atoms with Crippen molar-refractivity contribution in [2.24, 2.45) is 0 Å². The summed E-state index contributed by atoms with van der Waals surface area (Å²) in [6.45, 7) is 1.04. The zero-order valence-corrected chi connectivity index (χ0v) is 14.9. The first-order chi connectivity index (χ1) is 11.9. The Bertz CT molecular complexity index is 719. The molecule has 3 rings (SSSR count). The lowest BCUT2D eigenvalue weighted by Gasteiger charge is -2.22. The van der Waals surface area contributed by atoms with Crippen LogP contribution in [-0.2, 0) is 6.18 Å². The predicted octanol–water partition coefficient (Wildman–Crippen LogP) is 5.48. The zero-order chi connectivity index (χ0) is 17.9. The highest BCUT2D eigenvalue weighted by Crippen LogP contribution is 2.37. The highest BCUT2D eigenvalue weighted by atomic mass is 32.2. The molecule has 25 heavy (non-hydrogen) atoms. The van der Waals surface area contributed by atoms with Crippen LogP contribution in [0, 0.1) is 0 Å². The van der Waals surface area contributed by atoms with E-state index in [2.05, 4.69) is 11.4 Å². The van der Waals surface area contributed by atoms with E-state index in [9.17, 15) is 18.0 Å². The Labute approximate surface area is 152 Å². The minimum atomic E-state index is -4.50. The lowest BCUT2D eigenvalue weighted by Crippen LogP contribution is -2.37. The van der Waals surface area contributed by atoms with Crippen molar-refractivity contribution in [2.75, 3.05) is 24.2 Å². The summed E-state index contributed by atoms with van der Waals surface area (Å²) in [5.74, 6) is 0.761. The monoisotopic (exact) mass is 386 g/mol. The van der Waals surface area contributed by atoms with E-state index in [0.29, 0.717) is 18.3 Å². The number of nitrogens with zero attached hydrogens (tertiary/aromatic N) is 1. The van der Waals surface area contributed by atoms with Gasteiger partial charge < -0.3 is 10.2 Å². The summed E-state index contributed by atoms with van der Waals surface area (Å²) in [4.78, 5) is 15.3. The summed E-state index contributed by atoms with van der Waals surface area (Å²) in [6, 6.07) is 8.65. The first kappa shape index (κ1) is 18.1. The van der Waals surface area contributed by atoms with Gasteiger partial charge in [0.25, 0.3) is 0 Å². The number of anilines is 1. The molecule has 134 valence electrons. The standard InChI is InChI=1S/C17H17F3N2OS2/c18-17(19,20)12-4-1-2-5-13(12)21-16(23)22-8-7-15(25-11-9-22)14-6-3-10-24-14/h1-6,10,15H,7-9,11H2,(H,21,23). The maximum Gasteiger partial charge on any atom is 0.418 e. The van der Waals surface area contributed by atoms with Gasteiger partial charge in [-0.15, -0.1) is 11.3 Å². The number of benzene rings is 1. The molecule has 1 aromatic heterocycles. The van der Waals surface area contributed by atoms with Crippen molar-refractivity contribution in [2.45, 2.75) is 17.8 Å². The Morgan fingerprint density at radius 3 is 2.68 bits per heavy atom. The summed E-state index contributed by atoms with van der Waals surface area (Å²) in [5.41, 5.74) is -1.03. The maximum absolute atomic E-state index is 13.0. The Morgan fingerprint density at radius 2 is 1.96 bits per heavy atom. The molecule has 1 N–H and O–H groups in total. The number of thioether (sulfide) groups is 1. The second-order valence-corrected chi connectivity index (χ2v) is 7.91. The summed E-state index contributed by atoms with van der Waals surface area (Å²) >= 11 is 3.48. The van der Waals surface area contributed by atoms with Crippen molar-refractivity contribution >= 4 is 34.8 Å². The molecule has 0 radical (unpaired) electrons. The van der Waals surface area contributed by atoms with Crippen LogP contribution in [0.3, 0.4) is 0 Å². The number of rotatable bonds is 2. The van der Waals surface area contributed by atoms with Crippen LogP contribution in [0.25, 0.3) is 0 Å². The fraction of sp³-hybridized carbons (Fsp3) is 0.353. The third kappa shape index (κ3) is 4.49. The Balaban J connectivity index is 1.66. The number of alkyl halides is 3. The predicted molar refractivity (Wildman–Crippen MR) is 96.2 cm³/mol. The van der Waals surface area contributed by atoms with Gasteiger partial charge in [0.05, 0.1) is 11.3 Å². The Morgan fingerprint density at radius 1 is 1.16 bits per heavy atom. The first-order valence-corrected chi connectivity index (χ1v) is 9.75. The molecule has 1 unspecified atom stereocenters. The Hall–Kier alpha value is -1.67. The van der Waals surface area contributed by atoms with E-state index >= 15 is 0 Å². The minimum absolute atomic E-state index is 0.202. The van der Waals surface area contributed by atoms with E-state index < -0.39 is 17.8 Å². The number of amides is 2. The molecule has 3 nitrogen and oxygen atoms in total. The molecular formula is C17H17F3N2OS2. The van der Waals surface area contributed by atoms with Crippen LogP contribution in [0.2, 0.25) is 0 Å². The number of hydrogen-bond acceptors (Lipinski definition) is 3. The zero-order valence-electron chi connectivity index (χ0n) is 13.3. The van der Waals surface area contributed by atoms with Crippen LogP contribution in [0.15, 0.2) is 41.8 Å². The smallest absolute Gasteiger partial charge is 0.324 e. The van der Waals surface area contributed by atoms with Crippen molar-refractivity contribution in [3.63, 3.8) is 0 Å². The highest BCUT2D eigenvalue weighted by Gasteiger charge is 2.34. The third-order valence-electron chi connectivity index (χ3n) is 3.96. The van der Waals surface area contributed by atoms with E-state index in [1.165, 1.54) is 23.1 Å². The molecule has 1 aromatic carbocycles. The summed E-state index contributed by atoms with van der Waals surface area (Å²) in [7, 11) is 0. The first-order valence-electron chi connectivity index (χ1n) is 7.82. The number of carbonyl (C=O) groups excluding carboxylic acids is 1. The molecule has 1 saturated heterocycles. The molecule has 1 fully saturated rings. The van der Waals surface area contributed by atoms with Crippen LogP contribution in [0.5, 0.6) is 0 Å². The van der Waals surface area contributed by atoms with Crippen molar-refractivity contribution in [1.29, 1.82) is 0 Å². The van der Waals surface area contributed by atoms with Gasteiger partial charge in [0.15, 0.2) is 0 Å². The topological polar surface area (TPSA) is 32.3 Å².